The van der Waals surface area contributed by atoms with Gasteiger partial charge in [-0.3, -0.25) is 10.1 Å². The van der Waals surface area contributed by atoms with E-state index in [1.165, 1.54) is 18.2 Å². The van der Waals surface area contributed by atoms with E-state index in [1.54, 1.807) is 0 Å². The van der Waals surface area contributed by atoms with Crippen molar-refractivity contribution in [2.24, 2.45) is 0 Å². The first-order chi connectivity index (χ1) is 12.9. The summed E-state index contributed by atoms with van der Waals surface area (Å²) in [6, 6.07) is 12.1. The summed E-state index contributed by atoms with van der Waals surface area (Å²) in [6.45, 7) is 3.20. The van der Waals surface area contributed by atoms with Crippen molar-refractivity contribution in [3.05, 3.63) is 58.1 Å². The third-order valence-electron chi connectivity index (χ3n) is 4.39. The molecule has 3 rings (SSSR count). The van der Waals surface area contributed by atoms with Crippen LogP contribution in [0.15, 0.2) is 47.4 Å². The first-order valence-corrected chi connectivity index (χ1v) is 10.4. The largest absolute Gasteiger partial charge is 0.378 e. The summed E-state index contributed by atoms with van der Waals surface area (Å²) in [5.41, 5.74) is 1.76. The van der Waals surface area contributed by atoms with E-state index in [9.17, 15) is 18.5 Å². The number of para-hydroxylation sites is 2. The second-order valence-corrected chi connectivity index (χ2v) is 8.25. The molecule has 0 atom stereocenters. The minimum absolute atomic E-state index is 0.180. The molecule has 2 aromatic rings. The van der Waals surface area contributed by atoms with Gasteiger partial charge >= 0.3 is 5.69 Å². The lowest BCUT2D eigenvalue weighted by Crippen LogP contribution is -2.36. The van der Waals surface area contributed by atoms with Gasteiger partial charge < -0.3 is 15.0 Å². The molecule has 1 saturated heterocycles. The van der Waals surface area contributed by atoms with E-state index in [4.69, 9.17) is 4.74 Å². The fraction of sp³-hybridized carbons (Fsp3) is 0.333. The Bertz CT molecular complexity index is 940. The van der Waals surface area contributed by atoms with Crippen LogP contribution in [0, 0.1) is 10.1 Å². The summed E-state index contributed by atoms with van der Waals surface area (Å²) >= 11 is 0. The van der Waals surface area contributed by atoms with Gasteiger partial charge in [-0.1, -0.05) is 24.3 Å². The molecule has 0 aliphatic carbocycles. The molecule has 9 heteroatoms. The first kappa shape index (κ1) is 19.1. The van der Waals surface area contributed by atoms with Crippen LogP contribution in [0.2, 0.25) is 0 Å². The Balaban J connectivity index is 1.89. The standard InChI is InChI=1S/C18H21N3O5S/c1-27(24,25)17-8-4-6-15(18(17)21(22)23)19-13-14-5-2-3-7-16(14)20-9-11-26-12-10-20/h2-8,19H,9-13H2,1H3. The molecule has 144 valence electrons. The van der Waals surface area contributed by atoms with E-state index in [0.717, 1.165) is 30.6 Å². The molecule has 0 aromatic heterocycles. The molecular weight excluding hydrogens is 370 g/mol. The lowest BCUT2D eigenvalue weighted by Gasteiger charge is -2.30. The molecule has 8 nitrogen and oxygen atoms in total. The first-order valence-electron chi connectivity index (χ1n) is 8.50. The van der Waals surface area contributed by atoms with Crippen LogP contribution in [0.25, 0.3) is 0 Å². The van der Waals surface area contributed by atoms with Crippen molar-refractivity contribution in [2.45, 2.75) is 11.4 Å². The number of nitro benzene ring substituents is 1. The zero-order chi connectivity index (χ0) is 19.4. The number of nitro groups is 1. The lowest BCUT2D eigenvalue weighted by atomic mass is 10.1. The van der Waals surface area contributed by atoms with Crippen molar-refractivity contribution in [3.63, 3.8) is 0 Å². The number of ether oxygens (including phenoxy) is 1. The Morgan fingerprint density at radius 2 is 1.85 bits per heavy atom. The Morgan fingerprint density at radius 3 is 2.52 bits per heavy atom. The molecule has 0 unspecified atom stereocenters. The molecule has 0 radical (unpaired) electrons. The molecule has 1 fully saturated rings. The zero-order valence-corrected chi connectivity index (χ0v) is 15.7. The van der Waals surface area contributed by atoms with E-state index in [0.29, 0.717) is 19.8 Å². The van der Waals surface area contributed by atoms with Gasteiger partial charge in [0, 0.05) is 31.6 Å². The predicted molar refractivity (Wildman–Crippen MR) is 103 cm³/mol. The van der Waals surface area contributed by atoms with Gasteiger partial charge in [-0.05, 0) is 23.8 Å². The predicted octanol–water partition coefficient (Wildman–Crippen LogP) is 2.45. The third-order valence-corrected chi connectivity index (χ3v) is 5.52. The molecule has 1 aliphatic heterocycles. The Kier molecular flexibility index (Phi) is 5.62. The van der Waals surface area contributed by atoms with Crippen molar-refractivity contribution in [1.29, 1.82) is 0 Å². The van der Waals surface area contributed by atoms with Crippen LogP contribution in [-0.4, -0.2) is 45.9 Å². The number of sulfone groups is 1. The van der Waals surface area contributed by atoms with Gasteiger partial charge in [0.15, 0.2) is 9.84 Å². The minimum atomic E-state index is -3.71. The molecule has 1 heterocycles. The molecule has 1 N–H and O–H groups in total. The fourth-order valence-electron chi connectivity index (χ4n) is 3.12. The maximum atomic E-state index is 11.9. The summed E-state index contributed by atoms with van der Waals surface area (Å²) in [6.07, 6.45) is 0.965. The molecule has 0 spiro atoms. The van der Waals surface area contributed by atoms with E-state index in [1.807, 2.05) is 24.3 Å². The molecule has 0 bridgehead atoms. The van der Waals surface area contributed by atoms with Crippen LogP contribution in [0.3, 0.4) is 0 Å². The summed E-state index contributed by atoms with van der Waals surface area (Å²) in [4.78, 5) is 12.8. The van der Waals surface area contributed by atoms with Crippen LogP contribution in [0.5, 0.6) is 0 Å². The number of morpholine rings is 1. The van der Waals surface area contributed by atoms with Gasteiger partial charge in [-0.15, -0.1) is 0 Å². The van der Waals surface area contributed by atoms with Crippen molar-refractivity contribution in [2.75, 3.05) is 42.8 Å². The Labute approximate surface area is 157 Å². The van der Waals surface area contributed by atoms with Gasteiger partial charge in [0.1, 0.15) is 10.6 Å². The molecule has 0 saturated carbocycles. The van der Waals surface area contributed by atoms with Gasteiger partial charge in [-0.2, -0.15) is 0 Å². The van der Waals surface area contributed by atoms with Gasteiger partial charge in [0.05, 0.1) is 18.1 Å². The average molecular weight is 391 g/mol. The van der Waals surface area contributed by atoms with Gasteiger partial charge in [0.2, 0.25) is 0 Å². The number of hydrogen-bond donors (Lipinski definition) is 1. The van der Waals surface area contributed by atoms with E-state index >= 15 is 0 Å². The zero-order valence-electron chi connectivity index (χ0n) is 14.9. The summed E-state index contributed by atoms with van der Waals surface area (Å²) in [5.74, 6) is 0. The van der Waals surface area contributed by atoms with Crippen LogP contribution in [0.4, 0.5) is 17.1 Å². The van der Waals surface area contributed by atoms with Gasteiger partial charge in [0.25, 0.3) is 0 Å². The fourth-order valence-corrected chi connectivity index (χ4v) is 3.98. The molecule has 2 aromatic carbocycles. The number of hydrogen-bond acceptors (Lipinski definition) is 7. The molecular formula is C18H21N3O5S. The van der Waals surface area contributed by atoms with E-state index in [-0.39, 0.29) is 10.6 Å². The number of nitrogens with one attached hydrogen (secondary N) is 1. The summed E-state index contributed by atoms with van der Waals surface area (Å²) < 4.78 is 29.2. The highest BCUT2D eigenvalue weighted by molar-refractivity contribution is 7.90. The second-order valence-electron chi connectivity index (χ2n) is 6.26. The molecule has 27 heavy (non-hydrogen) atoms. The highest BCUT2D eigenvalue weighted by atomic mass is 32.2. The monoisotopic (exact) mass is 391 g/mol. The number of benzene rings is 2. The van der Waals surface area contributed by atoms with E-state index < -0.39 is 20.4 Å². The van der Waals surface area contributed by atoms with Crippen LogP contribution in [0.1, 0.15) is 5.56 Å². The van der Waals surface area contributed by atoms with Crippen LogP contribution in [-0.2, 0) is 21.1 Å². The number of anilines is 2. The highest BCUT2D eigenvalue weighted by Crippen LogP contribution is 2.33. The Morgan fingerprint density at radius 1 is 1.15 bits per heavy atom. The Hall–Kier alpha value is -2.65. The topological polar surface area (TPSA) is 102 Å². The normalized spacial score (nSPS) is 14.8. The second kappa shape index (κ2) is 7.93. The molecule has 1 aliphatic rings. The lowest BCUT2D eigenvalue weighted by molar-refractivity contribution is -0.386. The minimum Gasteiger partial charge on any atom is -0.378 e. The third kappa shape index (κ3) is 4.37. The number of rotatable bonds is 6. The van der Waals surface area contributed by atoms with Crippen molar-refractivity contribution < 1.29 is 18.1 Å². The maximum absolute atomic E-state index is 11.9. The SMILES string of the molecule is CS(=O)(=O)c1cccc(NCc2ccccc2N2CCOCC2)c1[N+](=O)[O-]. The summed E-state index contributed by atoms with van der Waals surface area (Å²) in [5, 5.41) is 14.5. The average Bonchev–Trinajstić information content (AvgIpc) is 2.66. The summed E-state index contributed by atoms with van der Waals surface area (Å²) in [7, 11) is -3.71. The maximum Gasteiger partial charge on any atom is 0.310 e. The smallest absolute Gasteiger partial charge is 0.310 e. The molecule has 0 amide bonds. The van der Waals surface area contributed by atoms with Crippen LogP contribution < -0.4 is 10.2 Å². The van der Waals surface area contributed by atoms with Crippen LogP contribution >= 0.6 is 0 Å². The number of nitrogens with zero attached hydrogens (tertiary/aromatic N) is 2. The van der Waals surface area contributed by atoms with Gasteiger partial charge in [-0.25, -0.2) is 8.42 Å². The quantitative estimate of drug-likeness (QED) is 0.596. The highest BCUT2D eigenvalue weighted by Gasteiger charge is 2.26. The van der Waals surface area contributed by atoms with Crippen molar-refractivity contribution in [3.8, 4) is 0 Å². The van der Waals surface area contributed by atoms with Crippen molar-refractivity contribution >= 4 is 26.9 Å². The van der Waals surface area contributed by atoms with Crippen molar-refractivity contribution in [1.82, 2.24) is 0 Å². The van der Waals surface area contributed by atoms with E-state index in [2.05, 4.69) is 10.2 Å².